The van der Waals surface area contributed by atoms with Crippen LogP contribution in [0.4, 0.5) is 17.2 Å². The maximum Gasteiger partial charge on any atom is 0.157 e. The second-order valence-electron chi connectivity index (χ2n) is 6.83. The van der Waals surface area contributed by atoms with Gasteiger partial charge in [0.05, 0.1) is 10.7 Å². The van der Waals surface area contributed by atoms with E-state index in [0.717, 1.165) is 33.7 Å². The lowest BCUT2D eigenvalue weighted by Gasteiger charge is -2.19. The highest BCUT2D eigenvalue weighted by atomic mass is 35.5. The van der Waals surface area contributed by atoms with Crippen LogP contribution in [-0.4, -0.2) is 27.5 Å². The number of nitrogens with zero attached hydrogens (tertiary/aromatic N) is 3. The van der Waals surface area contributed by atoms with Crippen molar-refractivity contribution in [3.05, 3.63) is 65.7 Å². The molecule has 0 bridgehead atoms. The summed E-state index contributed by atoms with van der Waals surface area (Å²) in [5.41, 5.74) is 3.52. The van der Waals surface area contributed by atoms with Gasteiger partial charge in [-0.05, 0) is 36.4 Å². The van der Waals surface area contributed by atoms with Crippen molar-refractivity contribution in [1.29, 1.82) is 0 Å². The predicted molar refractivity (Wildman–Crippen MR) is 117 cm³/mol. The van der Waals surface area contributed by atoms with Crippen LogP contribution in [0, 0.1) is 0 Å². The van der Waals surface area contributed by atoms with Gasteiger partial charge in [-0.1, -0.05) is 29.3 Å². The SMILES string of the molecule is CN1c2c(ncnc2Nc2ccc(Oc3cccc4[nH]ccc34)c(Cl)c2)CC1Cl. The second-order valence-corrected chi connectivity index (χ2v) is 7.75. The average molecular weight is 426 g/mol. The fourth-order valence-corrected chi connectivity index (χ4v) is 3.99. The minimum Gasteiger partial charge on any atom is -0.455 e. The second kappa shape index (κ2) is 7.13. The lowest BCUT2D eigenvalue weighted by atomic mass is 10.2. The first-order valence-corrected chi connectivity index (χ1v) is 9.93. The molecular weight excluding hydrogens is 409 g/mol. The average Bonchev–Trinajstić information content (AvgIpc) is 3.30. The van der Waals surface area contributed by atoms with Crippen LogP contribution in [0.2, 0.25) is 5.02 Å². The zero-order valence-corrected chi connectivity index (χ0v) is 17.0. The predicted octanol–water partition coefficient (Wildman–Crippen LogP) is 5.70. The Labute approximate surface area is 177 Å². The molecule has 1 aliphatic heterocycles. The minimum absolute atomic E-state index is 0.127. The minimum atomic E-state index is -0.127. The van der Waals surface area contributed by atoms with Crippen LogP contribution in [0.25, 0.3) is 10.9 Å². The number of ether oxygens (including phenoxy) is 1. The smallest absolute Gasteiger partial charge is 0.157 e. The molecule has 1 aliphatic rings. The van der Waals surface area contributed by atoms with Crippen molar-refractivity contribution in [3.63, 3.8) is 0 Å². The third-order valence-corrected chi connectivity index (χ3v) is 5.74. The van der Waals surface area contributed by atoms with E-state index in [2.05, 4.69) is 20.3 Å². The number of halogens is 2. The largest absolute Gasteiger partial charge is 0.455 e. The molecule has 6 nitrogen and oxygen atoms in total. The molecule has 2 N–H and O–H groups in total. The van der Waals surface area contributed by atoms with E-state index in [-0.39, 0.29) is 5.50 Å². The molecule has 0 radical (unpaired) electrons. The first kappa shape index (κ1) is 18.1. The molecule has 0 amide bonds. The van der Waals surface area contributed by atoms with E-state index in [1.165, 1.54) is 0 Å². The number of nitrogens with one attached hydrogen (secondary N) is 2. The molecule has 5 rings (SSSR count). The lowest BCUT2D eigenvalue weighted by Crippen LogP contribution is -2.22. The van der Waals surface area contributed by atoms with E-state index in [4.69, 9.17) is 27.9 Å². The summed E-state index contributed by atoms with van der Waals surface area (Å²) in [4.78, 5) is 13.9. The van der Waals surface area contributed by atoms with Crippen LogP contribution in [0.5, 0.6) is 11.5 Å². The highest BCUT2D eigenvalue weighted by Crippen LogP contribution is 2.39. The highest BCUT2D eigenvalue weighted by molar-refractivity contribution is 6.32. The Morgan fingerprint density at radius 3 is 2.93 bits per heavy atom. The zero-order valence-electron chi connectivity index (χ0n) is 15.5. The molecule has 8 heteroatoms. The number of H-pyrrole nitrogens is 1. The van der Waals surface area contributed by atoms with E-state index < -0.39 is 0 Å². The van der Waals surface area contributed by atoms with Gasteiger partial charge in [-0.2, -0.15) is 0 Å². The number of rotatable bonds is 4. The number of benzene rings is 2. The van der Waals surface area contributed by atoms with Crippen molar-refractivity contribution in [3.8, 4) is 11.5 Å². The van der Waals surface area contributed by atoms with Crippen LogP contribution in [0.3, 0.4) is 0 Å². The van der Waals surface area contributed by atoms with Crippen LogP contribution < -0.4 is 15.0 Å². The van der Waals surface area contributed by atoms with Gasteiger partial charge >= 0.3 is 0 Å². The lowest BCUT2D eigenvalue weighted by molar-refractivity contribution is 0.489. The number of hydrogen-bond acceptors (Lipinski definition) is 5. The van der Waals surface area contributed by atoms with Gasteiger partial charge in [-0.3, -0.25) is 0 Å². The molecular formula is C21H17Cl2N5O. The summed E-state index contributed by atoms with van der Waals surface area (Å²) >= 11 is 12.9. The van der Waals surface area contributed by atoms with Gasteiger partial charge in [0.2, 0.25) is 0 Å². The van der Waals surface area contributed by atoms with Crippen molar-refractivity contribution in [2.24, 2.45) is 0 Å². The Balaban J connectivity index is 1.42. The maximum atomic E-state index is 6.50. The first-order chi connectivity index (χ1) is 14.1. The third kappa shape index (κ3) is 3.24. The molecule has 0 aliphatic carbocycles. The van der Waals surface area contributed by atoms with E-state index in [9.17, 15) is 0 Å². The number of anilines is 3. The molecule has 146 valence electrons. The molecule has 1 atom stereocenters. The summed E-state index contributed by atoms with van der Waals surface area (Å²) in [5.74, 6) is 2.02. The van der Waals surface area contributed by atoms with E-state index in [1.54, 1.807) is 6.33 Å². The first-order valence-electron chi connectivity index (χ1n) is 9.11. The van der Waals surface area contributed by atoms with Crippen molar-refractivity contribution in [2.75, 3.05) is 17.3 Å². The number of hydrogen-bond donors (Lipinski definition) is 2. The van der Waals surface area contributed by atoms with Crippen LogP contribution in [0.1, 0.15) is 5.69 Å². The molecule has 0 saturated heterocycles. The van der Waals surface area contributed by atoms with Gasteiger partial charge in [-0.25, -0.2) is 9.97 Å². The molecule has 1 unspecified atom stereocenters. The molecule has 0 spiro atoms. The van der Waals surface area contributed by atoms with Crippen LogP contribution >= 0.6 is 23.2 Å². The van der Waals surface area contributed by atoms with Crippen molar-refractivity contribution >= 4 is 51.3 Å². The summed E-state index contributed by atoms with van der Waals surface area (Å²) in [6, 6.07) is 13.4. The van der Waals surface area contributed by atoms with Crippen molar-refractivity contribution < 1.29 is 4.74 Å². The Bertz CT molecular complexity index is 1210. The molecule has 0 saturated carbocycles. The highest BCUT2D eigenvalue weighted by Gasteiger charge is 2.29. The third-order valence-electron chi connectivity index (χ3n) is 5.00. The number of aromatic nitrogens is 3. The van der Waals surface area contributed by atoms with Gasteiger partial charge in [-0.15, -0.1) is 0 Å². The summed E-state index contributed by atoms with van der Waals surface area (Å²) in [6.07, 6.45) is 4.11. The van der Waals surface area contributed by atoms with Crippen LogP contribution in [0.15, 0.2) is 55.0 Å². The van der Waals surface area contributed by atoms with Crippen LogP contribution in [-0.2, 0) is 6.42 Å². The molecule has 4 aromatic rings. The van der Waals surface area contributed by atoms with Gasteiger partial charge in [0.1, 0.15) is 29.0 Å². The van der Waals surface area contributed by atoms with E-state index >= 15 is 0 Å². The van der Waals surface area contributed by atoms with E-state index in [0.29, 0.717) is 23.0 Å². The Morgan fingerprint density at radius 1 is 1.17 bits per heavy atom. The van der Waals surface area contributed by atoms with Gasteiger partial charge in [0, 0.05) is 36.3 Å². The fraction of sp³-hybridized carbons (Fsp3) is 0.143. The molecule has 2 aromatic carbocycles. The quantitative estimate of drug-likeness (QED) is 0.324. The van der Waals surface area contributed by atoms with Gasteiger partial charge in [0.25, 0.3) is 0 Å². The molecule has 0 fully saturated rings. The number of aromatic amines is 1. The topological polar surface area (TPSA) is 66.1 Å². The number of fused-ring (bicyclic) bond motifs is 2. The Kier molecular flexibility index (Phi) is 4.45. The molecule has 29 heavy (non-hydrogen) atoms. The summed E-state index contributed by atoms with van der Waals surface area (Å²) < 4.78 is 6.06. The van der Waals surface area contributed by atoms with Gasteiger partial charge in [0.15, 0.2) is 5.82 Å². The fourth-order valence-electron chi connectivity index (χ4n) is 3.53. The van der Waals surface area contributed by atoms with Crippen molar-refractivity contribution in [2.45, 2.75) is 11.9 Å². The maximum absolute atomic E-state index is 6.50. The monoisotopic (exact) mass is 425 g/mol. The standard InChI is InChI=1S/C21H17Cl2N5O/c1-28-19(23)10-16-20(28)21(26-11-25-16)27-12-5-6-18(14(22)9-12)29-17-4-2-3-15-13(17)7-8-24-15/h2-9,11,19,24H,10H2,1H3,(H,25,26,27). The normalized spacial score (nSPS) is 15.6. The number of alkyl halides is 1. The van der Waals surface area contributed by atoms with Crippen molar-refractivity contribution in [1.82, 2.24) is 15.0 Å². The summed E-state index contributed by atoms with van der Waals surface area (Å²) in [7, 11) is 1.93. The summed E-state index contributed by atoms with van der Waals surface area (Å²) in [6.45, 7) is 0. The van der Waals surface area contributed by atoms with Gasteiger partial charge < -0.3 is 19.9 Å². The zero-order chi connectivity index (χ0) is 20.0. The van der Waals surface area contributed by atoms with E-state index in [1.807, 2.05) is 60.6 Å². The number of likely N-dealkylation sites (N-methyl/N-ethyl adjacent to an activating group) is 1. The summed E-state index contributed by atoms with van der Waals surface area (Å²) in [5, 5.41) is 4.81. The Hall–Kier alpha value is -2.96. The molecule has 2 aromatic heterocycles. The Morgan fingerprint density at radius 2 is 2.07 bits per heavy atom. The molecule has 3 heterocycles.